The summed E-state index contributed by atoms with van der Waals surface area (Å²) in [5.41, 5.74) is 5.52. The number of para-hydroxylation sites is 3. The van der Waals surface area contributed by atoms with E-state index in [0.717, 1.165) is 34.0 Å². The third-order valence-corrected chi connectivity index (χ3v) is 5.19. The molecule has 0 saturated heterocycles. The highest BCUT2D eigenvalue weighted by atomic mass is 16.5. The molecule has 0 fully saturated rings. The molecule has 0 saturated carbocycles. The number of carbonyl (C=O) groups excluding carboxylic acids is 1. The Morgan fingerprint density at radius 2 is 1.58 bits per heavy atom. The Hall–Kier alpha value is -3.86. The van der Waals surface area contributed by atoms with Gasteiger partial charge >= 0.3 is 0 Å². The second-order valence-corrected chi connectivity index (χ2v) is 7.53. The van der Waals surface area contributed by atoms with Crippen molar-refractivity contribution < 1.29 is 9.53 Å². The average Bonchev–Trinajstić information content (AvgIpc) is 3.05. The number of hydrogen-bond donors (Lipinski definition) is 1. The van der Waals surface area contributed by atoms with Crippen LogP contribution in [0.4, 0.5) is 5.69 Å². The number of nitrogens with zero attached hydrogens (tertiary/aromatic N) is 2. The predicted octanol–water partition coefficient (Wildman–Crippen LogP) is 5.77. The van der Waals surface area contributed by atoms with Gasteiger partial charge in [0.15, 0.2) is 5.75 Å². The van der Waals surface area contributed by atoms with Crippen LogP contribution in [0.1, 0.15) is 22.5 Å². The van der Waals surface area contributed by atoms with Gasteiger partial charge in [-0.1, -0.05) is 48.0 Å². The fraction of sp³-hybridized carbons (Fsp3) is 0.154. The summed E-state index contributed by atoms with van der Waals surface area (Å²) >= 11 is 0. The molecule has 31 heavy (non-hydrogen) atoms. The quantitative estimate of drug-likeness (QED) is 0.438. The van der Waals surface area contributed by atoms with Gasteiger partial charge in [-0.15, -0.1) is 0 Å². The molecule has 3 aromatic carbocycles. The molecule has 0 atom stereocenters. The number of benzene rings is 3. The van der Waals surface area contributed by atoms with Crippen molar-refractivity contribution >= 4 is 11.6 Å². The molecule has 5 nitrogen and oxygen atoms in total. The molecule has 0 aliphatic carbocycles. The van der Waals surface area contributed by atoms with E-state index < -0.39 is 0 Å². The van der Waals surface area contributed by atoms with Gasteiger partial charge in [0.2, 0.25) is 5.91 Å². The van der Waals surface area contributed by atoms with Gasteiger partial charge in [-0.05, 0) is 57.2 Å². The monoisotopic (exact) mass is 411 g/mol. The predicted molar refractivity (Wildman–Crippen MR) is 123 cm³/mol. The van der Waals surface area contributed by atoms with Crippen molar-refractivity contribution in [1.29, 1.82) is 0 Å². The van der Waals surface area contributed by atoms with E-state index in [1.807, 2.05) is 104 Å². The maximum atomic E-state index is 12.9. The molecular weight excluding hydrogens is 386 g/mol. The SMILES string of the molecule is Cc1ccc(Oc2ccccc2NC(=O)Cc2c(C)nn(-c3ccccc3)c2C)cc1. The van der Waals surface area contributed by atoms with Crippen LogP contribution in [0.5, 0.6) is 11.5 Å². The Morgan fingerprint density at radius 3 is 2.32 bits per heavy atom. The summed E-state index contributed by atoms with van der Waals surface area (Å²) in [4.78, 5) is 12.9. The van der Waals surface area contributed by atoms with Crippen molar-refractivity contribution in [2.24, 2.45) is 0 Å². The van der Waals surface area contributed by atoms with E-state index >= 15 is 0 Å². The Morgan fingerprint density at radius 1 is 0.903 bits per heavy atom. The minimum Gasteiger partial charge on any atom is -0.455 e. The van der Waals surface area contributed by atoms with Gasteiger partial charge in [-0.3, -0.25) is 4.79 Å². The third-order valence-electron chi connectivity index (χ3n) is 5.19. The summed E-state index contributed by atoms with van der Waals surface area (Å²) in [7, 11) is 0. The molecule has 0 aliphatic rings. The van der Waals surface area contributed by atoms with Crippen molar-refractivity contribution in [2.45, 2.75) is 27.2 Å². The average molecular weight is 412 g/mol. The summed E-state index contributed by atoms with van der Waals surface area (Å²) in [6, 6.07) is 25.2. The molecule has 1 heterocycles. The van der Waals surface area contributed by atoms with E-state index in [-0.39, 0.29) is 12.3 Å². The number of nitrogens with one attached hydrogen (secondary N) is 1. The lowest BCUT2D eigenvalue weighted by molar-refractivity contribution is -0.115. The van der Waals surface area contributed by atoms with E-state index in [9.17, 15) is 4.79 Å². The molecular formula is C26H25N3O2. The van der Waals surface area contributed by atoms with E-state index in [1.165, 1.54) is 0 Å². The van der Waals surface area contributed by atoms with Crippen LogP contribution in [0.3, 0.4) is 0 Å². The number of rotatable bonds is 6. The largest absolute Gasteiger partial charge is 0.455 e. The number of ether oxygens (including phenoxy) is 1. The van der Waals surface area contributed by atoms with Crippen LogP contribution in [0.25, 0.3) is 5.69 Å². The summed E-state index contributed by atoms with van der Waals surface area (Å²) in [6.07, 6.45) is 0.239. The zero-order valence-corrected chi connectivity index (χ0v) is 17.9. The molecule has 0 spiro atoms. The maximum absolute atomic E-state index is 12.9. The number of aryl methyl sites for hydroxylation is 2. The molecule has 156 valence electrons. The fourth-order valence-corrected chi connectivity index (χ4v) is 3.50. The highest BCUT2D eigenvalue weighted by Gasteiger charge is 2.17. The first kappa shape index (κ1) is 20.4. The highest BCUT2D eigenvalue weighted by Crippen LogP contribution is 2.30. The van der Waals surface area contributed by atoms with Gasteiger partial charge < -0.3 is 10.1 Å². The summed E-state index contributed by atoms with van der Waals surface area (Å²) in [5, 5.41) is 7.63. The molecule has 1 amide bonds. The fourth-order valence-electron chi connectivity index (χ4n) is 3.50. The van der Waals surface area contributed by atoms with Crippen LogP contribution in [-0.2, 0) is 11.2 Å². The lowest BCUT2D eigenvalue weighted by atomic mass is 10.1. The molecule has 1 aromatic heterocycles. The highest BCUT2D eigenvalue weighted by molar-refractivity contribution is 5.94. The van der Waals surface area contributed by atoms with Gasteiger partial charge in [0.05, 0.1) is 23.5 Å². The minimum absolute atomic E-state index is 0.112. The van der Waals surface area contributed by atoms with Crippen molar-refractivity contribution in [2.75, 3.05) is 5.32 Å². The Balaban J connectivity index is 1.51. The van der Waals surface area contributed by atoms with Crippen molar-refractivity contribution in [3.63, 3.8) is 0 Å². The second-order valence-electron chi connectivity index (χ2n) is 7.53. The first-order valence-electron chi connectivity index (χ1n) is 10.2. The maximum Gasteiger partial charge on any atom is 0.229 e. The molecule has 5 heteroatoms. The molecule has 0 radical (unpaired) electrons. The van der Waals surface area contributed by atoms with E-state index in [2.05, 4.69) is 10.4 Å². The lowest BCUT2D eigenvalue weighted by Crippen LogP contribution is -2.16. The Kier molecular flexibility index (Phi) is 5.85. The van der Waals surface area contributed by atoms with Crippen LogP contribution >= 0.6 is 0 Å². The lowest BCUT2D eigenvalue weighted by Gasteiger charge is -2.12. The summed E-state index contributed by atoms with van der Waals surface area (Å²) < 4.78 is 7.88. The van der Waals surface area contributed by atoms with Crippen LogP contribution < -0.4 is 10.1 Å². The molecule has 1 N–H and O–H groups in total. The zero-order valence-electron chi connectivity index (χ0n) is 17.9. The molecule has 0 aliphatic heterocycles. The van der Waals surface area contributed by atoms with Gasteiger partial charge in [0.25, 0.3) is 0 Å². The minimum atomic E-state index is -0.112. The topological polar surface area (TPSA) is 56.1 Å². The number of amides is 1. The van der Waals surface area contributed by atoms with Crippen molar-refractivity contribution in [3.8, 4) is 17.2 Å². The first-order valence-corrected chi connectivity index (χ1v) is 10.2. The molecule has 0 bridgehead atoms. The van der Waals surface area contributed by atoms with Crippen LogP contribution in [0.2, 0.25) is 0 Å². The molecule has 0 unspecified atom stereocenters. The number of aromatic nitrogens is 2. The summed E-state index contributed by atoms with van der Waals surface area (Å²) in [6.45, 7) is 5.95. The number of hydrogen-bond acceptors (Lipinski definition) is 3. The number of anilines is 1. The van der Waals surface area contributed by atoms with Crippen molar-refractivity contribution in [3.05, 3.63) is 101 Å². The van der Waals surface area contributed by atoms with Crippen molar-refractivity contribution in [1.82, 2.24) is 9.78 Å². The standard InChI is InChI=1S/C26H25N3O2/c1-18-13-15-22(16-14-18)31-25-12-8-7-11-24(25)27-26(30)17-23-19(2)28-29(20(23)3)21-9-5-4-6-10-21/h4-16H,17H2,1-3H3,(H,27,30). The van der Waals surface area contributed by atoms with E-state index in [4.69, 9.17) is 4.74 Å². The van der Waals surface area contributed by atoms with Gasteiger partial charge in [-0.25, -0.2) is 4.68 Å². The molecule has 4 rings (SSSR count). The molecule has 4 aromatic rings. The van der Waals surface area contributed by atoms with E-state index in [0.29, 0.717) is 11.4 Å². The normalized spacial score (nSPS) is 10.7. The van der Waals surface area contributed by atoms with Crippen LogP contribution in [0, 0.1) is 20.8 Å². The van der Waals surface area contributed by atoms with Gasteiger partial charge in [0.1, 0.15) is 5.75 Å². The second kappa shape index (κ2) is 8.88. The summed E-state index contributed by atoms with van der Waals surface area (Å²) in [5.74, 6) is 1.22. The van der Waals surface area contributed by atoms with E-state index in [1.54, 1.807) is 0 Å². The number of carbonyl (C=O) groups is 1. The third kappa shape index (κ3) is 4.67. The Bertz CT molecular complexity index is 1200. The zero-order chi connectivity index (χ0) is 21.8. The van der Waals surface area contributed by atoms with Crippen LogP contribution in [-0.4, -0.2) is 15.7 Å². The Labute approximate surface area is 182 Å². The first-order chi connectivity index (χ1) is 15.0. The van der Waals surface area contributed by atoms with Crippen LogP contribution in [0.15, 0.2) is 78.9 Å². The van der Waals surface area contributed by atoms with Gasteiger partial charge in [-0.2, -0.15) is 5.10 Å². The smallest absolute Gasteiger partial charge is 0.229 e. The van der Waals surface area contributed by atoms with Gasteiger partial charge in [0, 0.05) is 11.3 Å².